The van der Waals surface area contributed by atoms with Gasteiger partial charge in [-0.15, -0.1) is 0 Å². The number of hydrogen-bond donors (Lipinski definition) is 7. The molecule has 0 aromatic heterocycles. The van der Waals surface area contributed by atoms with Crippen LogP contribution in [0.4, 0.5) is 0 Å². The SMILES string of the molecule is CCCCCCCCCCCCCCCCCCCCCCCCCCCCOCC(COC1OC(COC2OC(CO)C(O)C(O)C2O)C(O)C(O)C1O)OC(=O)CCCCCCCCCCCCCC. The molecule has 2 rings (SSSR count). The predicted molar refractivity (Wildman–Crippen MR) is 284 cm³/mol. The molecule has 0 amide bonds. The van der Waals surface area contributed by atoms with Gasteiger partial charge in [0.15, 0.2) is 12.6 Å². The number of aliphatic hydroxyl groups is 7. The quantitative estimate of drug-likeness (QED) is 0.0223. The summed E-state index contributed by atoms with van der Waals surface area (Å²) in [5.41, 5.74) is 0. The van der Waals surface area contributed by atoms with E-state index < -0.39 is 80.7 Å². The molecular weight excluding hydrogens is 921 g/mol. The number of carbonyl (C=O) groups excluding carboxylic acids is 1. The fourth-order valence-corrected chi connectivity index (χ4v) is 9.99. The van der Waals surface area contributed by atoms with E-state index in [1.807, 2.05) is 0 Å². The minimum absolute atomic E-state index is 0.0707. The second-order valence-corrected chi connectivity index (χ2v) is 21.5. The maximum absolute atomic E-state index is 13.0. The Labute approximate surface area is 438 Å². The van der Waals surface area contributed by atoms with Gasteiger partial charge in [0.25, 0.3) is 0 Å². The first kappa shape index (κ1) is 67.1. The lowest BCUT2D eigenvalue weighted by atomic mass is 9.98. The van der Waals surface area contributed by atoms with Crippen LogP contribution in [0, 0.1) is 0 Å². The fraction of sp³-hybridized carbons (Fsp3) is 0.983. The third kappa shape index (κ3) is 32.5. The molecule has 2 saturated heterocycles. The minimum Gasteiger partial charge on any atom is -0.457 e. The lowest BCUT2D eigenvalue weighted by Gasteiger charge is -2.42. The van der Waals surface area contributed by atoms with Crippen molar-refractivity contribution in [2.24, 2.45) is 0 Å². The van der Waals surface area contributed by atoms with Gasteiger partial charge in [-0.25, -0.2) is 0 Å². The first-order valence-corrected chi connectivity index (χ1v) is 30.1. The zero-order valence-electron chi connectivity index (χ0n) is 46.0. The van der Waals surface area contributed by atoms with Gasteiger partial charge in [-0.2, -0.15) is 0 Å². The van der Waals surface area contributed by atoms with E-state index in [-0.39, 0.29) is 25.6 Å². The molecule has 0 aliphatic carbocycles. The lowest BCUT2D eigenvalue weighted by molar-refractivity contribution is -0.332. The first-order chi connectivity index (χ1) is 35.1. The zero-order valence-corrected chi connectivity index (χ0v) is 46.0. The van der Waals surface area contributed by atoms with Crippen molar-refractivity contribution in [1.82, 2.24) is 0 Å². The highest BCUT2D eigenvalue weighted by Gasteiger charge is 2.47. The van der Waals surface area contributed by atoms with E-state index in [1.54, 1.807) is 0 Å². The van der Waals surface area contributed by atoms with E-state index in [4.69, 9.17) is 28.4 Å². The van der Waals surface area contributed by atoms with Crippen LogP contribution in [-0.4, -0.2) is 142 Å². The van der Waals surface area contributed by atoms with Crippen molar-refractivity contribution < 1.29 is 69.0 Å². The van der Waals surface area contributed by atoms with Crippen molar-refractivity contribution in [3.8, 4) is 0 Å². The number of aliphatic hydroxyl groups excluding tert-OH is 7. The third-order valence-electron chi connectivity index (χ3n) is 14.9. The Bertz CT molecular complexity index is 1200. The topological polar surface area (TPSA) is 214 Å². The minimum atomic E-state index is -1.70. The number of ether oxygens (including phenoxy) is 6. The zero-order chi connectivity index (χ0) is 52.3. The summed E-state index contributed by atoms with van der Waals surface area (Å²) in [4.78, 5) is 13.0. The second-order valence-electron chi connectivity index (χ2n) is 21.5. The van der Waals surface area contributed by atoms with Crippen molar-refractivity contribution >= 4 is 5.97 Å². The van der Waals surface area contributed by atoms with Crippen LogP contribution >= 0.6 is 0 Å². The molecule has 2 aliphatic heterocycles. The van der Waals surface area contributed by atoms with Gasteiger partial charge in [0.2, 0.25) is 0 Å². The molecule has 2 heterocycles. The van der Waals surface area contributed by atoms with E-state index in [9.17, 15) is 40.5 Å². The number of rotatable bonds is 50. The number of unbranched alkanes of at least 4 members (excludes halogenated alkanes) is 36. The Hall–Kier alpha value is -1.01. The van der Waals surface area contributed by atoms with Gasteiger partial charge in [0.1, 0.15) is 54.9 Å². The monoisotopic (exact) mass is 1030 g/mol. The van der Waals surface area contributed by atoms with Gasteiger partial charge in [-0.05, 0) is 12.8 Å². The molecule has 7 N–H and O–H groups in total. The fourth-order valence-electron chi connectivity index (χ4n) is 9.99. The Balaban J connectivity index is 1.63. The Kier molecular flexibility index (Phi) is 43.0. The Morgan fingerprint density at radius 3 is 1.12 bits per heavy atom. The number of hydrogen-bond acceptors (Lipinski definition) is 14. The van der Waals surface area contributed by atoms with Crippen LogP contribution < -0.4 is 0 Å². The maximum atomic E-state index is 13.0. The van der Waals surface area contributed by atoms with E-state index in [2.05, 4.69) is 13.8 Å². The highest BCUT2D eigenvalue weighted by atomic mass is 16.7. The summed E-state index contributed by atoms with van der Waals surface area (Å²) in [6, 6.07) is 0. The first-order valence-electron chi connectivity index (χ1n) is 30.1. The molecule has 428 valence electrons. The van der Waals surface area contributed by atoms with Crippen molar-refractivity contribution in [3.63, 3.8) is 0 Å². The van der Waals surface area contributed by atoms with Crippen LogP contribution in [-0.2, 0) is 33.2 Å². The smallest absolute Gasteiger partial charge is 0.306 e. The van der Waals surface area contributed by atoms with Gasteiger partial charge < -0.3 is 64.2 Å². The molecule has 2 fully saturated rings. The molecule has 0 aromatic carbocycles. The number of esters is 1. The van der Waals surface area contributed by atoms with Crippen LogP contribution in [0.3, 0.4) is 0 Å². The van der Waals surface area contributed by atoms with E-state index >= 15 is 0 Å². The summed E-state index contributed by atoms with van der Waals surface area (Å²) in [6.07, 6.45) is 33.3. The number of carbonyl (C=O) groups is 1. The maximum Gasteiger partial charge on any atom is 0.306 e. The van der Waals surface area contributed by atoms with E-state index in [0.29, 0.717) is 13.0 Å². The molecule has 0 radical (unpaired) electrons. The molecule has 0 spiro atoms. The van der Waals surface area contributed by atoms with E-state index in [0.717, 1.165) is 38.5 Å². The van der Waals surface area contributed by atoms with Gasteiger partial charge in [0, 0.05) is 13.0 Å². The van der Waals surface area contributed by atoms with Crippen LogP contribution in [0.15, 0.2) is 0 Å². The summed E-state index contributed by atoms with van der Waals surface area (Å²) in [6.45, 7) is 3.75. The molecule has 14 heteroatoms. The largest absolute Gasteiger partial charge is 0.457 e. The van der Waals surface area contributed by atoms with Crippen molar-refractivity contribution in [1.29, 1.82) is 0 Å². The summed E-state index contributed by atoms with van der Waals surface area (Å²) >= 11 is 0. The van der Waals surface area contributed by atoms with Crippen molar-refractivity contribution in [2.45, 2.75) is 332 Å². The lowest BCUT2D eigenvalue weighted by Crippen LogP contribution is -2.61. The average molecular weight is 1030 g/mol. The van der Waals surface area contributed by atoms with Crippen molar-refractivity contribution in [3.05, 3.63) is 0 Å². The standard InChI is InChI=1S/C58H112O14/c1-3-5-7-9-11-13-15-17-18-19-20-21-22-23-24-25-26-27-28-29-30-32-34-36-38-40-42-67-44-47(70-50(60)41-39-37-35-33-31-16-14-12-10-8-6-4-2)45-68-57-56(66)54(64)52(62)49(72-57)46-69-58-55(65)53(63)51(61)48(43-59)71-58/h47-49,51-59,61-66H,3-46H2,1-2H3. The van der Waals surface area contributed by atoms with Crippen LogP contribution in [0.5, 0.6) is 0 Å². The molecule has 2 aliphatic rings. The van der Waals surface area contributed by atoms with Crippen LogP contribution in [0.2, 0.25) is 0 Å². The van der Waals surface area contributed by atoms with Gasteiger partial charge in [0.05, 0.1) is 26.4 Å². The Morgan fingerprint density at radius 1 is 0.403 bits per heavy atom. The van der Waals surface area contributed by atoms with Crippen LogP contribution in [0.25, 0.3) is 0 Å². The summed E-state index contributed by atoms with van der Waals surface area (Å²) in [5.74, 6) is -0.370. The van der Waals surface area contributed by atoms with Crippen LogP contribution in [0.1, 0.15) is 264 Å². The molecule has 0 bridgehead atoms. The summed E-state index contributed by atoms with van der Waals surface area (Å²) in [7, 11) is 0. The van der Waals surface area contributed by atoms with Crippen molar-refractivity contribution in [2.75, 3.05) is 33.0 Å². The summed E-state index contributed by atoms with van der Waals surface area (Å²) in [5, 5.41) is 72.3. The van der Waals surface area contributed by atoms with Gasteiger partial charge in [-0.1, -0.05) is 245 Å². The highest BCUT2D eigenvalue weighted by Crippen LogP contribution is 2.27. The molecule has 0 saturated carbocycles. The summed E-state index contributed by atoms with van der Waals surface area (Å²) < 4.78 is 34.4. The van der Waals surface area contributed by atoms with Gasteiger partial charge >= 0.3 is 5.97 Å². The molecule has 0 aromatic rings. The molecule has 11 atom stereocenters. The third-order valence-corrected chi connectivity index (χ3v) is 14.9. The predicted octanol–water partition coefficient (Wildman–Crippen LogP) is 10.8. The van der Waals surface area contributed by atoms with Gasteiger partial charge in [-0.3, -0.25) is 4.79 Å². The molecule has 72 heavy (non-hydrogen) atoms. The molecule has 11 unspecified atom stereocenters. The average Bonchev–Trinajstić information content (AvgIpc) is 3.38. The molecular formula is C58H112O14. The second kappa shape index (κ2) is 46.1. The highest BCUT2D eigenvalue weighted by molar-refractivity contribution is 5.69. The molecule has 14 nitrogen and oxygen atoms in total. The van der Waals surface area contributed by atoms with E-state index in [1.165, 1.54) is 199 Å². The normalized spacial score (nSPS) is 25.0. The Morgan fingerprint density at radius 2 is 0.736 bits per heavy atom.